The molecule has 1 N–H and O–H groups in total. The number of nitrogens with zero attached hydrogens (tertiary/aromatic N) is 1. The van der Waals surface area contributed by atoms with Gasteiger partial charge in [0.15, 0.2) is 0 Å². The lowest BCUT2D eigenvalue weighted by Gasteiger charge is -2.30. The van der Waals surface area contributed by atoms with Crippen LogP contribution < -0.4 is 9.47 Å². The zero-order chi connectivity index (χ0) is 18.4. The van der Waals surface area contributed by atoms with Gasteiger partial charge in [0, 0.05) is 12.1 Å². The minimum Gasteiger partial charge on any atom is -0.497 e. The highest BCUT2D eigenvalue weighted by Crippen LogP contribution is 2.19. The molecule has 2 aromatic carbocycles. The van der Waals surface area contributed by atoms with Crippen molar-refractivity contribution in [3.8, 4) is 11.5 Å². The van der Waals surface area contributed by atoms with Gasteiger partial charge in [0.25, 0.3) is 5.91 Å². The lowest BCUT2D eigenvalue weighted by molar-refractivity contribution is -0.0621. The van der Waals surface area contributed by atoms with Gasteiger partial charge >= 0.3 is 0 Å². The van der Waals surface area contributed by atoms with E-state index in [-0.39, 0.29) is 25.7 Å². The van der Waals surface area contributed by atoms with Gasteiger partial charge in [-0.25, -0.2) is 0 Å². The number of carbonyl (C=O) groups is 1. The number of hydrogen-bond donors (Lipinski definition) is 1. The van der Waals surface area contributed by atoms with Gasteiger partial charge in [0.1, 0.15) is 23.7 Å². The van der Waals surface area contributed by atoms with Gasteiger partial charge in [0.05, 0.1) is 26.9 Å². The highest BCUT2D eigenvalue weighted by atomic mass is 16.5. The minimum atomic E-state index is -1.27. The number of rotatable bonds is 5. The van der Waals surface area contributed by atoms with Crippen LogP contribution in [0, 0.1) is 0 Å². The van der Waals surface area contributed by atoms with Crippen molar-refractivity contribution in [3.63, 3.8) is 0 Å². The average molecular weight is 357 g/mol. The van der Waals surface area contributed by atoms with Crippen LogP contribution in [0.1, 0.15) is 10.4 Å². The number of hydrogen-bond acceptors (Lipinski definition) is 5. The molecule has 6 nitrogen and oxygen atoms in total. The van der Waals surface area contributed by atoms with E-state index >= 15 is 0 Å². The lowest BCUT2D eigenvalue weighted by atomic mass is 10.1. The maximum absolute atomic E-state index is 12.8. The predicted molar refractivity (Wildman–Crippen MR) is 96.6 cm³/mol. The highest BCUT2D eigenvalue weighted by Gasteiger charge is 2.35. The molecule has 1 atom stereocenters. The molecule has 1 saturated heterocycles. The normalized spacial score (nSPS) is 20.3. The number of benzene rings is 2. The van der Waals surface area contributed by atoms with Crippen molar-refractivity contribution in [1.82, 2.24) is 4.90 Å². The van der Waals surface area contributed by atoms with E-state index < -0.39 is 5.60 Å². The molecule has 6 heteroatoms. The molecular formula is C20H23NO5. The van der Waals surface area contributed by atoms with Crippen molar-refractivity contribution in [1.29, 1.82) is 0 Å². The zero-order valence-corrected chi connectivity index (χ0v) is 14.8. The number of ether oxygens (including phenoxy) is 3. The standard InChI is InChI=1S/C20H23NO5/c1-24-17-9-7-16(8-10-17)19(22)21-11-12-25-14-20(23,13-21)15-26-18-5-3-2-4-6-18/h2-10,23H,11-15H2,1H3/t20-/m1/s1. The van der Waals surface area contributed by atoms with Crippen LogP contribution in [0.25, 0.3) is 0 Å². The molecule has 3 rings (SSSR count). The second-order valence-corrected chi connectivity index (χ2v) is 6.33. The van der Waals surface area contributed by atoms with Crippen LogP contribution in [0.5, 0.6) is 11.5 Å². The molecule has 26 heavy (non-hydrogen) atoms. The largest absolute Gasteiger partial charge is 0.497 e. The molecule has 138 valence electrons. The maximum atomic E-state index is 12.8. The second kappa shape index (κ2) is 8.21. The number of aliphatic hydroxyl groups is 1. The summed E-state index contributed by atoms with van der Waals surface area (Å²) in [6, 6.07) is 16.2. The molecule has 1 aliphatic rings. The third-order valence-electron chi connectivity index (χ3n) is 4.24. The Hall–Kier alpha value is -2.57. The summed E-state index contributed by atoms with van der Waals surface area (Å²) in [4.78, 5) is 14.4. The zero-order valence-electron chi connectivity index (χ0n) is 14.8. The van der Waals surface area contributed by atoms with Crippen LogP contribution in [0.15, 0.2) is 54.6 Å². The molecule has 0 aliphatic carbocycles. The summed E-state index contributed by atoms with van der Waals surface area (Å²) in [5.41, 5.74) is -0.729. The van der Waals surface area contributed by atoms with Crippen LogP contribution in [-0.4, -0.2) is 61.5 Å². The van der Waals surface area contributed by atoms with Gasteiger partial charge in [-0.15, -0.1) is 0 Å². The Kier molecular flexibility index (Phi) is 5.75. The van der Waals surface area contributed by atoms with Gasteiger partial charge in [-0.05, 0) is 36.4 Å². The molecule has 1 amide bonds. The fourth-order valence-electron chi connectivity index (χ4n) is 2.83. The molecule has 0 bridgehead atoms. The predicted octanol–water partition coefficient (Wildman–Crippen LogP) is 1.98. The average Bonchev–Trinajstić information content (AvgIpc) is 2.89. The Labute approximate surface area is 152 Å². The van der Waals surface area contributed by atoms with Gasteiger partial charge < -0.3 is 24.2 Å². The van der Waals surface area contributed by atoms with Crippen molar-refractivity contribution in [2.24, 2.45) is 0 Å². The van der Waals surface area contributed by atoms with E-state index in [0.29, 0.717) is 30.2 Å². The second-order valence-electron chi connectivity index (χ2n) is 6.33. The van der Waals surface area contributed by atoms with E-state index in [1.54, 1.807) is 36.3 Å². The van der Waals surface area contributed by atoms with E-state index in [1.165, 1.54) is 0 Å². The maximum Gasteiger partial charge on any atom is 0.254 e. The SMILES string of the molecule is COc1ccc(C(=O)N2CCOC[C@@](O)(COc3ccccc3)C2)cc1. The van der Waals surface area contributed by atoms with Gasteiger partial charge in [-0.3, -0.25) is 4.79 Å². The van der Waals surface area contributed by atoms with Crippen molar-refractivity contribution in [3.05, 3.63) is 60.2 Å². The van der Waals surface area contributed by atoms with Crippen LogP contribution in [0.3, 0.4) is 0 Å². The monoisotopic (exact) mass is 357 g/mol. The van der Waals surface area contributed by atoms with E-state index in [0.717, 1.165) is 0 Å². The summed E-state index contributed by atoms with van der Waals surface area (Å²) < 4.78 is 16.3. The van der Waals surface area contributed by atoms with E-state index in [2.05, 4.69) is 0 Å². The number of amides is 1. The third kappa shape index (κ3) is 4.53. The molecule has 0 spiro atoms. The summed E-state index contributed by atoms with van der Waals surface area (Å²) in [5, 5.41) is 10.9. The van der Waals surface area contributed by atoms with Crippen LogP contribution in [-0.2, 0) is 4.74 Å². The first-order chi connectivity index (χ1) is 12.6. The Morgan fingerprint density at radius 2 is 1.88 bits per heavy atom. The Morgan fingerprint density at radius 1 is 1.15 bits per heavy atom. The quantitative estimate of drug-likeness (QED) is 0.886. The summed E-state index contributed by atoms with van der Waals surface area (Å²) in [6.07, 6.45) is 0. The van der Waals surface area contributed by atoms with E-state index in [1.807, 2.05) is 30.3 Å². The molecule has 0 aromatic heterocycles. The Morgan fingerprint density at radius 3 is 2.58 bits per heavy atom. The summed E-state index contributed by atoms with van der Waals surface area (Å²) >= 11 is 0. The minimum absolute atomic E-state index is 0.0450. The smallest absolute Gasteiger partial charge is 0.254 e. The third-order valence-corrected chi connectivity index (χ3v) is 4.24. The Bertz CT molecular complexity index is 719. The summed E-state index contributed by atoms with van der Waals surface area (Å²) in [7, 11) is 1.58. The molecular weight excluding hydrogens is 334 g/mol. The van der Waals surface area contributed by atoms with Crippen LogP contribution >= 0.6 is 0 Å². The summed E-state index contributed by atoms with van der Waals surface area (Å²) in [5.74, 6) is 1.20. The molecule has 2 aromatic rings. The fourth-order valence-corrected chi connectivity index (χ4v) is 2.83. The molecule has 0 radical (unpaired) electrons. The molecule has 0 saturated carbocycles. The fraction of sp³-hybridized carbons (Fsp3) is 0.350. The van der Waals surface area contributed by atoms with Crippen LogP contribution in [0.2, 0.25) is 0 Å². The van der Waals surface area contributed by atoms with Gasteiger partial charge in [-0.1, -0.05) is 18.2 Å². The van der Waals surface area contributed by atoms with Crippen molar-refractivity contribution < 1.29 is 24.1 Å². The van der Waals surface area contributed by atoms with Crippen molar-refractivity contribution in [2.75, 3.05) is 40.0 Å². The highest BCUT2D eigenvalue weighted by molar-refractivity contribution is 5.94. The first kappa shape index (κ1) is 18.2. The number of carbonyl (C=O) groups excluding carboxylic acids is 1. The van der Waals surface area contributed by atoms with Gasteiger partial charge in [-0.2, -0.15) is 0 Å². The van der Waals surface area contributed by atoms with E-state index in [9.17, 15) is 9.90 Å². The molecule has 1 heterocycles. The number of methoxy groups -OCH3 is 1. The molecule has 1 aliphatic heterocycles. The van der Waals surface area contributed by atoms with Crippen LogP contribution in [0.4, 0.5) is 0 Å². The molecule has 1 fully saturated rings. The number of para-hydroxylation sites is 1. The summed E-state index contributed by atoms with van der Waals surface area (Å²) in [6.45, 7) is 1.09. The van der Waals surface area contributed by atoms with Gasteiger partial charge in [0.2, 0.25) is 0 Å². The Balaban J connectivity index is 1.68. The first-order valence-electron chi connectivity index (χ1n) is 8.51. The lowest BCUT2D eigenvalue weighted by Crippen LogP contribution is -2.50. The van der Waals surface area contributed by atoms with Crippen molar-refractivity contribution in [2.45, 2.75) is 5.60 Å². The number of β-amino-alcohol motifs (C(OH)–C–C–N with tert-alkyl or cyclic N) is 1. The van der Waals surface area contributed by atoms with E-state index in [4.69, 9.17) is 14.2 Å². The topological polar surface area (TPSA) is 68.2 Å². The molecule has 0 unspecified atom stereocenters. The first-order valence-corrected chi connectivity index (χ1v) is 8.51. The van der Waals surface area contributed by atoms with Crippen molar-refractivity contribution >= 4 is 5.91 Å².